The molecule has 0 aliphatic carbocycles. The second kappa shape index (κ2) is 5.33. The Morgan fingerprint density at radius 2 is 1.58 bits per heavy atom. The predicted molar refractivity (Wildman–Crippen MR) is 59.7 cm³/mol. The van der Waals surface area contributed by atoms with Crippen LogP contribution in [-0.4, -0.2) is 4.98 Å². The van der Waals surface area contributed by atoms with Gasteiger partial charge in [0.1, 0.15) is 5.82 Å². The molecule has 2 aromatic rings. The molecule has 3 nitrogen and oxygen atoms in total. The number of nitrogens with zero attached hydrogens (tertiary/aromatic N) is 1. The fraction of sp³-hybridized carbons (Fsp3) is 0.0833. The van der Waals surface area contributed by atoms with Crippen molar-refractivity contribution < 1.29 is 17.6 Å². The van der Waals surface area contributed by atoms with Gasteiger partial charge in [-0.2, -0.15) is 0 Å². The number of halogens is 4. The number of aromatic nitrogens is 1. The molecule has 7 heteroatoms. The highest BCUT2D eigenvalue weighted by atomic mass is 19.2. The maximum absolute atomic E-state index is 13.2. The summed E-state index contributed by atoms with van der Waals surface area (Å²) >= 11 is 0. The molecule has 0 aliphatic heterocycles. The molecule has 1 atom stereocenters. The van der Waals surface area contributed by atoms with E-state index in [0.29, 0.717) is 0 Å². The molecule has 19 heavy (non-hydrogen) atoms. The van der Waals surface area contributed by atoms with Crippen LogP contribution in [0.15, 0.2) is 30.6 Å². The lowest BCUT2D eigenvalue weighted by atomic mass is 10.0. The minimum absolute atomic E-state index is 0.0197. The Kier molecular flexibility index (Phi) is 3.77. The minimum Gasteiger partial charge on any atom is -0.271 e. The topological polar surface area (TPSA) is 50.9 Å². The summed E-state index contributed by atoms with van der Waals surface area (Å²) in [6.07, 6.45) is 2.26. The second-order valence-electron chi connectivity index (χ2n) is 3.83. The van der Waals surface area contributed by atoms with E-state index in [1.807, 2.05) is 0 Å². The molecule has 1 heterocycles. The summed E-state index contributed by atoms with van der Waals surface area (Å²) in [7, 11) is 0. The van der Waals surface area contributed by atoms with E-state index in [2.05, 4.69) is 10.4 Å². The van der Waals surface area contributed by atoms with Gasteiger partial charge in [-0.25, -0.2) is 23.0 Å². The first-order chi connectivity index (χ1) is 9.02. The summed E-state index contributed by atoms with van der Waals surface area (Å²) < 4.78 is 52.3. The van der Waals surface area contributed by atoms with Gasteiger partial charge < -0.3 is 0 Å². The molecule has 0 fully saturated rings. The van der Waals surface area contributed by atoms with Crippen LogP contribution in [0.4, 0.5) is 17.6 Å². The van der Waals surface area contributed by atoms with E-state index in [4.69, 9.17) is 5.84 Å². The van der Waals surface area contributed by atoms with Crippen molar-refractivity contribution in [2.75, 3.05) is 0 Å². The zero-order valence-corrected chi connectivity index (χ0v) is 9.50. The van der Waals surface area contributed by atoms with Gasteiger partial charge in [0.25, 0.3) is 0 Å². The van der Waals surface area contributed by atoms with Crippen LogP contribution in [-0.2, 0) is 0 Å². The van der Waals surface area contributed by atoms with Gasteiger partial charge in [-0.15, -0.1) is 0 Å². The normalized spacial score (nSPS) is 12.5. The summed E-state index contributed by atoms with van der Waals surface area (Å²) in [5.74, 6) is 0.394. The molecule has 3 N–H and O–H groups in total. The highest BCUT2D eigenvalue weighted by molar-refractivity contribution is 5.31. The van der Waals surface area contributed by atoms with Crippen LogP contribution < -0.4 is 11.3 Å². The number of nitrogens with one attached hydrogen (secondary N) is 1. The van der Waals surface area contributed by atoms with Gasteiger partial charge in [-0.1, -0.05) is 0 Å². The van der Waals surface area contributed by atoms with E-state index in [1.54, 1.807) is 0 Å². The van der Waals surface area contributed by atoms with Gasteiger partial charge in [-0.3, -0.25) is 10.8 Å². The molecule has 0 bridgehead atoms. The highest BCUT2D eigenvalue weighted by Crippen LogP contribution is 2.24. The molecule has 0 spiro atoms. The van der Waals surface area contributed by atoms with Crippen molar-refractivity contribution >= 4 is 0 Å². The van der Waals surface area contributed by atoms with E-state index in [9.17, 15) is 17.6 Å². The Hall–Kier alpha value is -1.99. The zero-order valence-electron chi connectivity index (χ0n) is 9.50. The lowest BCUT2D eigenvalue weighted by molar-refractivity contribution is 0.442. The molecule has 100 valence electrons. The lowest BCUT2D eigenvalue weighted by Gasteiger charge is -2.17. The number of pyridine rings is 1. The van der Waals surface area contributed by atoms with Crippen molar-refractivity contribution in [3.05, 3.63) is 65.0 Å². The number of benzene rings is 1. The number of rotatable bonds is 3. The first-order valence-corrected chi connectivity index (χ1v) is 5.24. The molecule has 0 radical (unpaired) electrons. The average Bonchev–Trinajstić information content (AvgIpc) is 2.37. The van der Waals surface area contributed by atoms with Crippen molar-refractivity contribution in [2.45, 2.75) is 6.04 Å². The molecule has 0 saturated heterocycles. The first-order valence-electron chi connectivity index (χ1n) is 5.24. The minimum atomic E-state index is -1.57. The molecular formula is C12H9F4N3. The third kappa shape index (κ3) is 2.72. The van der Waals surface area contributed by atoms with Crippen LogP contribution >= 0.6 is 0 Å². The quantitative estimate of drug-likeness (QED) is 0.389. The maximum atomic E-state index is 13.2. The molecule has 1 aromatic heterocycles. The van der Waals surface area contributed by atoms with Crippen LogP contribution in [0, 0.1) is 23.3 Å². The van der Waals surface area contributed by atoms with Crippen LogP contribution in [0.5, 0.6) is 0 Å². The molecular weight excluding hydrogens is 262 g/mol. The highest BCUT2D eigenvalue weighted by Gasteiger charge is 2.18. The Labute approximate surface area is 106 Å². The van der Waals surface area contributed by atoms with Gasteiger partial charge in [0.05, 0.1) is 12.2 Å². The van der Waals surface area contributed by atoms with E-state index in [0.717, 1.165) is 24.4 Å². The number of hydrogen-bond acceptors (Lipinski definition) is 3. The fourth-order valence-corrected chi connectivity index (χ4v) is 1.71. The van der Waals surface area contributed by atoms with Crippen molar-refractivity contribution in [3.63, 3.8) is 0 Å². The first kappa shape index (κ1) is 13.4. The molecule has 0 aliphatic rings. The summed E-state index contributed by atoms with van der Waals surface area (Å²) in [4.78, 5) is 3.61. The van der Waals surface area contributed by atoms with E-state index >= 15 is 0 Å². The Bertz CT molecular complexity index is 580. The average molecular weight is 271 g/mol. The fourth-order valence-electron chi connectivity index (χ4n) is 1.71. The molecule has 1 aromatic carbocycles. The van der Waals surface area contributed by atoms with Gasteiger partial charge in [0.2, 0.25) is 0 Å². The van der Waals surface area contributed by atoms with Crippen LogP contribution in [0.3, 0.4) is 0 Å². The van der Waals surface area contributed by atoms with Crippen molar-refractivity contribution in [1.29, 1.82) is 0 Å². The SMILES string of the molecule is NNC(c1cncc(F)c1)c1cc(F)c(F)c(F)c1. The number of nitrogens with two attached hydrogens (primary N) is 1. The van der Waals surface area contributed by atoms with Gasteiger partial charge in [0, 0.05) is 6.20 Å². The Morgan fingerprint density at radius 1 is 0.947 bits per heavy atom. The molecule has 0 amide bonds. The Balaban J connectivity index is 2.48. The molecule has 0 saturated carbocycles. The van der Waals surface area contributed by atoms with Gasteiger partial charge in [0.15, 0.2) is 17.5 Å². The monoisotopic (exact) mass is 271 g/mol. The van der Waals surface area contributed by atoms with Crippen molar-refractivity contribution in [2.24, 2.45) is 5.84 Å². The summed E-state index contributed by atoms with van der Waals surface area (Å²) in [6, 6.07) is 1.77. The number of hydrogen-bond donors (Lipinski definition) is 2. The standard InChI is InChI=1S/C12H9F4N3/c13-8-1-7(4-18-5-8)12(19-17)6-2-9(14)11(16)10(15)3-6/h1-5,12,19H,17H2. The molecule has 1 unspecified atom stereocenters. The largest absolute Gasteiger partial charge is 0.271 e. The van der Waals surface area contributed by atoms with Crippen LogP contribution in [0.2, 0.25) is 0 Å². The van der Waals surface area contributed by atoms with Crippen LogP contribution in [0.1, 0.15) is 17.2 Å². The zero-order chi connectivity index (χ0) is 14.0. The summed E-state index contributed by atoms with van der Waals surface area (Å²) in [5.41, 5.74) is 2.55. The number of hydrazine groups is 1. The Morgan fingerprint density at radius 3 is 2.11 bits per heavy atom. The van der Waals surface area contributed by atoms with Gasteiger partial charge in [-0.05, 0) is 29.3 Å². The summed E-state index contributed by atoms with van der Waals surface area (Å²) in [6.45, 7) is 0. The lowest BCUT2D eigenvalue weighted by Crippen LogP contribution is -2.29. The maximum Gasteiger partial charge on any atom is 0.194 e. The second-order valence-corrected chi connectivity index (χ2v) is 3.83. The van der Waals surface area contributed by atoms with Gasteiger partial charge >= 0.3 is 0 Å². The predicted octanol–water partition coefficient (Wildman–Crippen LogP) is 2.19. The van der Waals surface area contributed by atoms with Crippen molar-refractivity contribution in [3.8, 4) is 0 Å². The molecule has 2 rings (SSSR count). The smallest absolute Gasteiger partial charge is 0.194 e. The summed E-state index contributed by atoms with van der Waals surface area (Å²) in [5, 5.41) is 0. The van der Waals surface area contributed by atoms with E-state index < -0.39 is 29.3 Å². The van der Waals surface area contributed by atoms with E-state index in [1.165, 1.54) is 6.20 Å². The van der Waals surface area contributed by atoms with Crippen molar-refractivity contribution in [1.82, 2.24) is 10.4 Å². The third-order valence-corrected chi connectivity index (χ3v) is 2.57. The van der Waals surface area contributed by atoms with E-state index in [-0.39, 0.29) is 11.1 Å². The third-order valence-electron chi connectivity index (χ3n) is 2.57. The van der Waals surface area contributed by atoms with Crippen LogP contribution in [0.25, 0.3) is 0 Å².